The van der Waals surface area contributed by atoms with E-state index in [4.69, 9.17) is 22.6 Å². The molecule has 0 bridgehead atoms. The molecule has 1 amide bonds. The summed E-state index contributed by atoms with van der Waals surface area (Å²) in [4.78, 5) is 13.9. The standard InChI is InChI=1S/C15H21ClN4O/c1-11(7-8-17)20(2)9-3-4-15(21)19-14-6-5-12(18)10-13(14)16/h5-6,10-11H,3-4,7,9,18H2,1-2H3,(H,19,21). The lowest BCUT2D eigenvalue weighted by molar-refractivity contribution is -0.116. The van der Waals surface area contributed by atoms with Gasteiger partial charge in [0.15, 0.2) is 0 Å². The fourth-order valence-corrected chi connectivity index (χ4v) is 2.08. The van der Waals surface area contributed by atoms with Gasteiger partial charge in [-0.25, -0.2) is 0 Å². The smallest absolute Gasteiger partial charge is 0.224 e. The van der Waals surface area contributed by atoms with Crippen LogP contribution in [0.3, 0.4) is 0 Å². The minimum absolute atomic E-state index is 0.0805. The summed E-state index contributed by atoms with van der Waals surface area (Å²) < 4.78 is 0. The number of nitriles is 1. The monoisotopic (exact) mass is 308 g/mol. The highest BCUT2D eigenvalue weighted by Gasteiger charge is 2.10. The third kappa shape index (κ3) is 6.03. The van der Waals surface area contributed by atoms with Crippen LogP contribution in [0, 0.1) is 11.3 Å². The topological polar surface area (TPSA) is 82.2 Å². The first-order valence-electron chi connectivity index (χ1n) is 6.86. The first-order valence-corrected chi connectivity index (χ1v) is 7.24. The van der Waals surface area contributed by atoms with Gasteiger partial charge in [0.1, 0.15) is 0 Å². The zero-order chi connectivity index (χ0) is 15.8. The van der Waals surface area contributed by atoms with Crippen molar-refractivity contribution in [3.8, 4) is 6.07 Å². The normalized spacial score (nSPS) is 12.0. The van der Waals surface area contributed by atoms with E-state index in [1.165, 1.54) is 0 Å². The second kappa shape index (κ2) is 8.50. The zero-order valence-corrected chi connectivity index (χ0v) is 13.2. The number of hydrogen-bond acceptors (Lipinski definition) is 4. The Kier molecular flexibility index (Phi) is 7.00. The van der Waals surface area contributed by atoms with Crippen molar-refractivity contribution in [2.45, 2.75) is 32.2 Å². The van der Waals surface area contributed by atoms with Crippen molar-refractivity contribution in [1.82, 2.24) is 4.90 Å². The number of nitrogens with one attached hydrogen (secondary N) is 1. The fraction of sp³-hybridized carbons (Fsp3) is 0.467. The Morgan fingerprint density at radius 2 is 2.29 bits per heavy atom. The summed E-state index contributed by atoms with van der Waals surface area (Å²) in [6.07, 6.45) is 1.62. The van der Waals surface area contributed by atoms with Crippen molar-refractivity contribution in [3.63, 3.8) is 0 Å². The predicted octanol–water partition coefficient (Wildman–Crippen LogP) is 2.87. The van der Waals surface area contributed by atoms with E-state index in [1.807, 2.05) is 14.0 Å². The third-order valence-corrected chi connectivity index (χ3v) is 3.63. The van der Waals surface area contributed by atoms with Gasteiger partial charge >= 0.3 is 0 Å². The second-order valence-electron chi connectivity index (χ2n) is 5.08. The van der Waals surface area contributed by atoms with Crippen LogP contribution < -0.4 is 11.1 Å². The summed E-state index contributed by atoms with van der Waals surface area (Å²) in [6.45, 7) is 2.77. The van der Waals surface area contributed by atoms with E-state index >= 15 is 0 Å². The molecule has 0 aliphatic heterocycles. The number of nitrogens with zero attached hydrogens (tertiary/aromatic N) is 2. The summed E-state index contributed by atoms with van der Waals surface area (Å²) in [5, 5.41) is 11.8. The molecule has 21 heavy (non-hydrogen) atoms. The van der Waals surface area contributed by atoms with Crippen molar-refractivity contribution in [1.29, 1.82) is 5.26 Å². The molecule has 5 nitrogen and oxygen atoms in total. The highest BCUT2D eigenvalue weighted by atomic mass is 35.5. The molecule has 1 unspecified atom stereocenters. The lowest BCUT2D eigenvalue weighted by atomic mass is 10.2. The number of hydrogen-bond donors (Lipinski definition) is 2. The van der Waals surface area contributed by atoms with Crippen LogP contribution in [-0.2, 0) is 4.79 Å². The van der Waals surface area contributed by atoms with E-state index in [1.54, 1.807) is 18.2 Å². The molecule has 0 saturated carbocycles. The van der Waals surface area contributed by atoms with Crippen molar-refractivity contribution in [3.05, 3.63) is 23.2 Å². The summed E-state index contributed by atoms with van der Waals surface area (Å²) in [5.41, 5.74) is 6.73. The highest BCUT2D eigenvalue weighted by Crippen LogP contribution is 2.24. The third-order valence-electron chi connectivity index (χ3n) is 3.32. The summed E-state index contributed by atoms with van der Waals surface area (Å²) in [6, 6.07) is 7.33. The Balaban J connectivity index is 2.36. The van der Waals surface area contributed by atoms with E-state index in [9.17, 15) is 4.79 Å². The maximum absolute atomic E-state index is 11.9. The van der Waals surface area contributed by atoms with Crippen LogP contribution in [0.2, 0.25) is 5.02 Å². The van der Waals surface area contributed by atoms with Gasteiger partial charge in [0.25, 0.3) is 0 Å². The number of carbonyl (C=O) groups excluding carboxylic acids is 1. The molecule has 0 saturated heterocycles. The minimum Gasteiger partial charge on any atom is -0.399 e. The van der Waals surface area contributed by atoms with Gasteiger partial charge in [0, 0.05) is 18.2 Å². The quantitative estimate of drug-likeness (QED) is 0.759. The summed E-state index contributed by atoms with van der Waals surface area (Å²) in [7, 11) is 1.96. The Morgan fingerprint density at radius 1 is 1.57 bits per heavy atom. The average Bonchev–Trinajstić information content (AvgIpc) is 2.42. The average molecular weight is 309 g/mol. The molecule has 0 spiro atoms. The van der Waals surface area contributed by atoms with Crippen LogP contribution >= 0.6 is 11.6 Å². The molecule has 3 N–H and O–H groups in total. The van der Waals surface area contributed by atoms with Crippen LogP contribution in [0.5, 0.6) is 0 Å². The minimum atomic E-state index is -0.0805. The lowest BCUT2D eigenvalue weighted by Crippen LogP contribution is -2.30. The second-order valence-corrected chi connectivity index (χ2v) is 5.49. The van der Waals surface area contributed by atoms with Crippen molar-refractivity contribution < 1.29 is 4.79 Å². The summed E-state index contributed by atoms with van der Waals surface area (Å²) >= 11 is 6.00. The number of nitrogens with two attached hydrogens (primary N) is 1. The number of rotatable bonds is 7. The number of nitrogen functional groups attached to an aromatic ring is 1. The molecule has 0 aliphatic carbocycles. The van der Waals surface area contributed by atoms with Gasteiger partial charge in [0.2, 0.25) is 5.91 Å². The van der Waals surface area contributed by atoms with Gasteiger partial charge in [-0.2, -0.15) is 5.26 Å². The highest BCUT2D eigenvalue weighted by molar-refractivity contribution is 6.34. The molecule has 1 aromatic rings. The van der Waals surface area contributed by atoms with Gasteiger partial charge in [-0.1, -0.05) is 11.6 Å². The molecule has 0 aromatic heterocycles. The van der Waals surface area contributed by atoms with Crippen LogP contribution in [0.25, 0.3) is 0 Å². The maximum Gasteiger partial charge on any atom is 0.224 e. The maximum atomic E-state index is 11.9. The number of halogens is 1. The van der Waals surface area contributed by atoms with Gasteiger partial charge in [-0.05, 0) is 45.1 Å². The van der Waals surface area contributed by atoms with Gasteiger partial charge in [0.05, 0.1) is 23.2 Å². The molecular weight excluding hydrogens is 288 g/mol. The van der Waals surface area contributed by atoms with Gasteiger partial charge in [-0.15, -0.1) is 0 Å². The largest absolute Gasteiger partial charge is 0.399 e. The SMILES string of the molecule is CC(CC#N)N(C)CCCC(=O)Nc1ccc(N)cc1Cl. The van der Waals surface area contributed by atoms with Crippen molar-refractivity contribution in [2.75, 3.05) is 24.6 Å². The van der Waals surface area contributed by atoms with Gasteiger partial charge < -0.3 is 16.0 Å². The number of amides is 1. The van der Waals surface area contributed by atoms with Gasteiger partial charge in [-0.3, -0.25) is 4.79 Å². The van der Waals surface area contributed by atoms with E-state index in [0.717, 1.165) is 13.0 Å². The predicted molar refractivity (Wildman–Crippen MR) is 86.1 cm³/mol. The fourth-order valence-electron chi connectivity index (χ4n) is 1.84. The number of anilines is 2. The Labute approximate surface area is 130 Å². The Morgan fingerprint density at radius 3 is 2.90 bits per heavy atom. The molecular formula is C15H21ClN4O. The molecule has 1 aromatic carbocycles. The van der Waals surface area contributed by atoms with Crippen LogP contribution in [0.4, 0.5) is 11.4 Å². The van der Waals surface area contributed by atoms with Crippen LogP contribution in [0.15, 0.2) is 18.2 Å². The first kappa shape index (κ1) is 17.3. The summed E-state index contributed by atoms with van der Waals surface area (Å²) in [5.74, 6) is -0.0805. The first-order chi connectivity index (χ1) is 9.93. The molecule has 0 heterocycles. The molecule has 6 heteroatoms. The molecule has 1 rings (SSSR count). The van der Waals surface area contributed by atoms with E-state index in [2.05, 4.69) is 16.3 Å². The Hall–Kier alpha value is -1.77. The van der Waals surface area contributed by atoms with Crippen molar-refractivity contribution >= 4 is 28.9 Å². The zero-order valence-electron chi connectivity index (χ0n) is 12.4. The van der Waals surface area contributed by atoms with Crippen LogP contribution in [0.1, 0.15) is 26.2 Å². The molecule has 0 radical (unpaired) electrons. The van der Waals surface area contributed by atoms with E-state index < -0.39 is 0 Å². The lowest BCUT2D eigenvalue weighted by Gasteiger charge is -2.22. The number of benzene rings is 1. The Bertz CT molecular complexity index is 527. The number of carbonyl (C=O) groups is 1. The van der Waals surface area contributed by atoms with Crippen molar-refractivity contribution in [2.24, 2.45) is 0 Å². The van der Waals surface area contributed by atoms with Crippen LogP contribution in [-0.4, -0.2) is 30.4 Å². The van der Waals surface area contributed by atoms with E-state index in [-0.39, 0.29) is 11.9 Å². The molecule has 0 fully saturated rings. The molecule has 114 valence electrons. The molecule has 0 aliphatic rings. The molecule has 1 atom stereocenters. The van der Waals surface area contributed by atoms with E-state index in [0.29, 0.717) is 29.2 Å².